The zero-order valence-electron chi connectivity index (χ0n) is 9.51. The lowest BCUT2D eigenvalue weighted by molar-refractivity contribution is 0.00290. The van der Waals surface area contributed by atoms with Gasteiger partial charge in [0.25, 0.3) is 0 Å². The van der Waals surface area contributed by atoms with Crippen molar-refractivity contribution in [2.75, 3.05) is 6.61 Å². The fraction of sp³-hybridized carbons (Fsp3) is 0.417. The summed E-state index contributed by atoms with van der Waals surface area (Å²) in [5.41, 5.74) is -0.614. The van der Waals surface area contributed by atoms with Gasteiger partial charge in [-0.1, -0.05) is 0 Å². The molecule has 88 valence electrons. The zero-order valence-corrected chi connectivity index (χ0v) is 9.51. The van der Waals surface area contributed by atoms with Crippen LogP contribution in [-0.4, -0.2) is 18.0 Å². The van der Waals surface area contributed by atoms with Gasteiger partial charge in [-0.15, -0.1) is 0 Å². The lowest BCUT2D eigenvalue weighted by Crippen LogP contribution is -2.24. The van der Waals surface area contributed by atoms with Gasteiger partial charge in [0.15, 0.2) is 5.78 Å². The number of carbonyl (C=O) groups excluding carboxylic acids is 1. The third kappa shape index (κ3) is 3.70. The molecular weight excluding hydrogens is 214 g/mol. The molecule has 0 spiro atoms. The molecule has 0 aliphatic heterocycles. The van der Waals surface area contributed by atoms with Crippen molar-refractivity contribution in [2.45, 2.75) is 26.4 Å². The molecule has 16 heavy (non-hydrogen) atoms. The van der Waals surface area contributed by atoms with Crippen molar-refractivity contribution < 1.29 is 18.3 Å². The van der Waals surface area contributed by atoms with Crippen LogP contribution in [0.4, 0.5) is 8.78 Å². The predicted molar refractivity (Wildman–Crippen MR) is 56.4 cm³/mol. The molecule has 0 amide bonds. The van der Waals surface area contributed by atoms with E-state index in [1.807, 2.05) is 0 Å². The fourth-order valence-electron chi connectivity index (χ4n) is 1.08. The molecule has 0 saturated carbocycles. The molecule has 0 bridgehead atoms. The van der Waals surface area contributed by atoms with Gasteiger partial charge in [-0.2, -0.15) is 0 Å². The highest BCUT2D eigenvalue weighted by Gasteiger charge is 2.16. The Balaban J connectivity index is 2.74. The Labute approximate surface area is 93.2 Å². The Hall–Kier alpha value is -1.29. The van der Waals surface area contributed by atoms with Crippen LogP contribution in [0.25, 0.3) is 0 Å². The molecule has 0 N–H and O–H groups in total. The van der Waals surface area contributed by atoms with E-state index in [2.05, 4.69) is 0 Å². The first-order valence-electron chi connectivity index (χ1n) is 4.92. The summed E-state index contributed by atoms with van der Waals surface area (Å²) in [4.78, 5) is 11.5. The van der Waals surface area contributed by atoms with E-state index in [1.54, 1.807) is 20.8 Å². The average molecular weight is 228 g/mol. The summed E-state index contributed by atoms with van der Waals surface area (Å²) in [6.45, 7) is 5.16. The van der Waals surface area contributed by atoms with Gasteiger partial charge in [0.2, 0.25) is 0 Å². The lowest BCUT2D eigenvalue weighted by atomic mass is 10.1. The summed E-state index contributed by atoms with van der Waals surface area (Å²) >= 11 is 0. The molecule has 0 saturated heterocycles. The Morgan fingerprint density at radius 2 is 1.94 bits per heavy atom. The van der Waals surface area contributed by atoms with Gasteiger partial charge < -0.3 is 4.74 Å². The molecule has 0 radical (unpaired) electrons. The molecule has 0 heterocycles. The molecular formula is C12H14F2O2. The first-order chi connectivity index (χ1) is 7.29. The molecule has 0 aromatic heterocycles. The van der Waals surface area contributed by atoms with Crippen molar-refractivity contribution in [3.63, 3.8) is 0 Å². The summed E-state index contributed by atoms with van der Waals surface area (Å²) in [5, 5.41) is 0. The largest absolute Gasteiger partial charge is 0.368 e. The number of ketones is 1. The van der Waals surface area contributed by atoms with Crippen LogP contribution in [0.2, 0.25) is 0 Å². The van der Waals surface area contributed by atoms with E-state index in [-0.39, 0.29) is 12.2 Å². The number of Topliss-reactive ketones (excluding diaryl/α,β-unsaturated/α-hetero) is 1. The number of hydrogen-bond donors (Lipinski definition) is 0. The molecule has 0 fully saturated rings. The Bertz CT molecular complexity index is 394. The predicted octanol–water partition coefficient (Wildman–Crippen LogP) is 2.96. The molecule has 0 unspecified atom stereocenters. The van der Waals surface area contributed by atoms with Crippen molar-refractivity contribution in [3.05, 3.63) is 35.4 Å². The minimum Gasteiger partial charge on any atom is -0.368 e. The van der Waals surface area contributed by atoms with Crippen molar-refractivity contribution >= 4 is 5.78 Å². The second-order valence-corrected chi connectivity index (χ2v) is 4.45. The number of halogens is 2. The molecule has 0 aliphatic carbocycles. The monoisotopic (exact) mass is 228 g/mol. The van der Waals surface area contributed by atoms with Crippen LogP contribution in [0.1, 0.15) is 31.1 Å². The highest BCUT2D eigenvalue weighted by Crippen LogP contribution is 2.12. The van der Waals surface area contributed by atoms with Crippen LogP contribution in [0.5, 0.6) is 0 Å². The summed E-state index contributed by atoms with van der Waals surface area (Å²) in [7, 11) is 0. The van der Waals surface area contributed by atoms with E-state index in [1.165, 1.54) is 0 Å². The Kier molecular flexibility index (Phi) is 3.75. The van der Waals surface area contributed by atoms with Crippen LogP contribution in [0.3, 0.4) is 0 Å². The maximum absolute atomic E-state index is 13.2. The van der Waals surface area contributed by atoms with Gasteiger partial charge in [-0.05, 0) is 32.9 Å². The fourth-order valence-corrected chi connectivity index (χ4v) is 1.08. The molecule has 1 aromatic rings. The Morgan fingerprint density at radius 1 is 1.31 bits per heavy atom. The van der Waals surface area contributed by atoms with Crippen LogP contribution < -0.4 is 0 Å². The number of benzene rings is 1. The average Bonchev–Trinajstić information content (AvgIpc) is 2.13. The third-order valence-corrected chi connectivity index (χ3v) is 1.87. The van der Waals surface area contributed by atoms with Gasteiger partial charge in [-0.25, -0.2) is 8.78 Å². The van der Waals surface area contributed by atoms with Crippen LogP contribution in [-0.2, 0) is 4.74 Å². The minimum atomic E-state index is -0.859. The molecule has 0 atom stereocenters. The lowest BCUT2D eigenvalue weighted by Gasteiger charge is -2.18. The number of carbonyl (C=O) groups is 1. The van der Waals surface area contributed by atoms with E-state index in [0.717, 1.165) is 12.1 Å². The van der Waals surface area contributed by atoms with Gasteiger partial charge in [0.1, 0.15) is 18.2 Å². The van der Waals surface area contributed by atoms with Gasteiger partial charge >= 0.3 is 0 Å². The van der Waals surface area contributed by atoms with Gasteiger partial charge in [0, 0.05) is 6.07 Å². The maximum atomic E-state index is 13.2. The van der Waals surface area contributed by atoms with Gasteiger partial charge in [-0.3, -0.25) is 4.79 Å². The van der Waals surface area contributed by atoms with Crippen LogP contribution in [0, 0.1) is 11.6 Å². The molecule has 1 aromatic carbocycles. The topological polar surface area (TPSA) is 26.3 Å². The molecule has 2 nitrogen and oxygen atoms in total. The van der Waals surface area contributed by atoms with Crippen molar-refractivity contribution in [2.24, 2.45) is 0 Å². The normalized spacial score (nSPS) is 11.6. The standard InChI is InChI=1S/C12H14F2O2/c1-12(2,3)16-7-11(15)9-5-4-8(13)6-10(9)14/h4-6H,7H2,1-3H3. The summed E-state index contributed by atoms with van der Waals surface area (Å²) in [5.74, 6) is -2.05. The highest BCUT2D eigenvalue weighted by molar-refractivity contribution is 5.97. The van der Waals surface area contributed by atoms with E-state index in [4.69, 9.17) is 4.74 Å². The van der Waals surface area contributed by atoms with Crippen molar-refractivity contribution in [1.82, 2.24) is 0 Å². The first-order valence-corrected chi connectivity index (χ1v) is 4.92. The Morgan fingerprint density at radius 3 is 2.44 bits per heavy atom. The molecule has 1 rings (SSSR count). The number of ether oxygens (including phenoxy) is 1. The van der Waals surface area contributed by atoms with Crippen molar-refractivity contribution in [3.8, 4) is 0 Å². The highest BCUT2D eigenvalue weighted by atomic mass is 19.1. The number of rotatable bonds is 3. The van der Waals surface area contributed by atoms with Crippen LogP contribution in [0.15, 0.2) is 18.2 Å². The van der Waals surface area contributed by atoms with Gasteiger partial charge in [0.05, 0.1) is 11.2 Å². The third-order valence-electron chi connectivity index (χ3n) is 1.87. The van der Waals surface area contributed by atoms with Crippen LogP contribution >= 0.6 is 0 Å². The summed E-state index contributed by atoms with van der Waals surface area (Å²) < 4.78 is 31.0. The van der Waals surface area contributed by atoms with E-state index in [9.17, 15) is 13.6 Å². The SMILES string of the molecule is CC(C)(C)OCC(=O)c1ccc(F)cc1F. The zero-order chi connectivity index (χ0) is 12.3. The summed E-state index contributed by atoms with van der Waals surface area (Å²) in [6, 6.07) is 2.86. The van der Waals surface area contributed by atoms with E-state index >= 15 is 0 Å². The number of hydrogen-bond acceptors (Lipinski definition) is 2. The second kappa shape index (κ2) is 4.70. The minimum absolute atomic E-state index is 0.148. The second-order valence-electron chi connectivity index (χ2n) is 4.45. The summed E-state index contributed by atoms with van der Waals surface area (Å²) in [6.07, 6.45) is 0. The van der Waals surface area contributed by atoms with E-state index in [0.29, 0.717) is 6.07 Å². The molecule has 4 heteroatoms. The first kappa shape index (κ1) is 12.8. The van der Waals surface area contributed by atoms with E-state index < -0.39 is 23.0 Å². The smallest absolute Gasteiger partial charge is 0.191 e. The quantitative estimate of drug-likeness (QED) is 0.743. The molecule has 0 aliphatic rings. The maximum Gasteiger partial charge on any atom is 0.191 e. The van der Waals surface area contributed by atoms with Crippen molar-refractivity contribution in [1.29, 1.82) is 0 Å².